The average Bonchev–Trinajstić information content (AvgIpc) is 3.38. The maximum absolute atomic E-state index is 12.7. The first-order chi connectivity index (χ1) is 15.7. The van der Waals surface area contributed by atoms with Crippen LogP contribution in [0.4, 0.5) is 25.1 Å². The Labute approximate surface area is 189 Å². The van der Waals surface area contributed by atoms with Crippen molar-refractivity contribution in [3.05, 3.63) is 41.9 Å². The molecule has 0 atom stereocenters. The number of hydrogen-bond donors (Lipinski definition) is 1. The predicted molar refractivity (Wildman–Crippen MR) is 114 cm³/mol. The van der Waals surface area contributed by atoms with Crippen molar-refractivity contribution in [3.8, 4) is 6.01 Å². The SMILES string of the molecule is Cc1ccc(CNc2nc(OCC(F)(F)F)nc(N3CCC(Cn4ccnc4C)CC3)n2)o1. The van der Waals surface area contributed by atoms with Crippen molar-refractivity contribution in [2.24, 2.45) is 5.92 Å². The lowest BCUT2D eigenvalue weighted by Crippen LogP contribution is -2.36. The van der Waals surface area contributed by atoms with Crippen LogP contribution in [-0.2, 0) is 13.1 Å². The van der Waals surface area contributed by atoms with Gasteiger partial charge in [0, 0.05) is 32.0 Å². The number of nitrogens with zero attached hydrogens (tertiary/aromatic N) is 6. The van der Waals surface area contributed by atoms with Gasteiger partial charge in [0.1, 0.15) is 17.3 Å². The Morgan fingerprint density at radius 3 is 2.58 bits per heavy atom. The number of imidazole rings is 1. The maximum Gasteiger partial charge on any atom is 0.422 e. The molecule has 1 fully saturated rings. The van der Waals surface area contributed by atoms with Crippen molar-refractivity contribution in [3.63, 3.8) is 0 Å². The Balaban J connectivity index is 1.44. The van der Waals surface area contributed by atoms with E-state index in [-0.39, 0.29) is 24.5 Å². The third kappa shape index (κ3) is 6.36. The molecular formula is C21H26F3N7O2. The zero-order valence-corrected chi connectivity index (χ0v) is 18.5. The van der Waals surface area contributed by atoms with Gasteiger partial charge >= 0.3 is 12.2 Å². The highest BCUT2D eigenvalue weighted by Crippen LogP contribution is 2.25. The minimum absolute atomic E-state index is 0.127. The summed E-state index contributed by atoms with van der Waals surface area (Å²) in [6.07, 6.45) is 1.07. The number of furan rings is 1. The van der Waals surface area contributed by atoms with E-state index in [4.69, 9.17) is 9.15 Å². The van der Waals surface area contributed by atoms with E-state index in [1.165, 1.54) is 0 Å². The van der Waals surface area contributed by atoms with Crippen LogP contribution in [0.3, 0.4) is 0 Å². The number of rotatable bonds is 8. The molecule has 0 aromatic carbocycles. The molecule has 33 heavy (non-hydrogen) atoms. The highest BCUT2D eigenvalue weighted by molar-refractivity contribution is 5.39. The number of piperidine rings is 1. The summed E-state index contributed by atoms with van der Waals surface area (Å²) < 4.78 is 50.4. The van der Waals surface area contributed by atoms with E-state index in [9.17, 15) is 13.2 Å². The van der Waals surface area contributed by atoms with E-state index in [0.29, 0.717) is 24.8 Å². The van der Waals surface area contributed by atoms with Gasteiger partial charge in [0.2, 0.25) is 11.9 Å². The number of aryl methyl sites for hydroxylation is 2. The molecule has 0 spiro atoms. The number of halogens is 3. The van der Waals surface area contributed by atoms with Crippen LogP contribution in [0.1, 0.15) is 30.2 Å². The molecule has 1 aliphatic rings. The highest BCUT2D eigenvalue weighted by atomic mass is 19.4. The van der Waals surface area contributed by atoms with Gasteiger partial charge in [0.05, 0.1) is 6.54 Å². The first-order valence-electron chi connectivity index (χ1n) is 10.7. The van der Waals surface area contributed by atoms with Crippen molar-refractivity contribution >= 4 is 11.9 Å². The zero-order chi connectivity index (χ0) is 23.4. The van der Waals surface area contributed by atoms with Crippen molar-refractivity contribution in [2.45, 2.75) is 46.0 Å². The number of alkyl halides is 3. The molecule has 4 rings (SSSR count). The Bertz CT molecular complexity index is 1060. The molecular weight excluding hydrogens is 439 g/mol. The fraction of sp³-hybridized carbons (Fsp3) is 0.524. The summed E-state index contributed by atoms with van der Waals surface area (Å²) in [6, 6.07) is 3.26. The van der Waals surface area contributed by atoms with Crippen molar-refractivity contribution < 1.29 is 22.3 Å². The van der Waals surface area contributed by atoms with E-state index in [1.807, 2.05) is 31.0 Å². The molecule has 0 aliphatic carbocycles. The summed E-state index contributed by atoms with van der Waals surface area (Å²) in [7, 11) is 0. The van der Waals surface area contributed by atoms with Gasteiger partial charge < -0.3 is 23.9 Å². The lowest BCUT2D eigenvalue weighted by Gasteiger charge is -2.32. The zero-order valence-electron chi connectivity index (χ0n) is 18.5. The van der Waals surface area contributed by atoms with E-state index < -0.39 is 12.8 Å². The largest absolute Gasteiger partial charge is 0.465 e. The first-order valence-corrected chi connectivity index (χ1v) is 10.7. The van der Waals surface area contributed by atoms with E-state index in [2.05, 4.69) is 29.8 Å². The summed E-state index contributed by atoms with van der Waals surface area (Å²) in [5, 5.41) is 2.98. The number of anilines is 2. The van der Waals surface area contributed by atoms with Crippen molar-refractivity contribution in [1.82, 2.24) is 24.5 Å². The van der Waals surface area contributed by atoms with Crippen molar-refractivity contribution in [1.29, 1.82) is 0 Å². The van der Waals surface area contributed by atoms with E-state index >= 15 is 0 Å². The topological polar surface area (TPSA) is 94.1 Å². The van der Waals surface area contributed by atoms with Gasteiger partial charge in [0.25, 0.3) is 0 Å². The molecule has 12 heteroatoms. The number of nitrogens with one attached hydrogen (secondary N) is 1. The van der Waals surface area contributed by atoms with Gasteiger partial charge in [-0.3, -0.25) is 0 Å². The molecule has 0 unspecified atom stereocenters. The van der Waals surface area contributed by atoms with Crippen LogP contribution in [-0.4, -0.2) is 50.4 Å². The summed E-state index contributed by atoms with van der Waals surface area (Å²) in [6.45, 7) is 4.84. The van der Waals surface area contributed by atoms with Crippen LogP contribution in [0.25, 0.3) is 0 Å². The minimum Gasteiger partial charge on any atom is -0.465 e. The number of hydrogen-bond acceptors (Lipinski definition) is 8. The second-order valence-corrected chi connectivity index (χ2v) is 8.07. The fourth-order valence-electron chi connectivity index (χ4n) is 3.71. The van der Waals surface area contributed by atoms with Crippen molar-refractivity contribution in [2.75, 3.05) is 29.9 Å². The molecule has 0 saturated carbocycles. The van der Waals surface area contributed by atoms with Gasteiger partial charge in [-0.15, -0.1) is 0 Å². The quantitative estimate of drug-likeness (QED) is 0.538. The van der Waals surface area contributed by atoms with Gasteiger partial charge in [0.15, 0.2) is 6.61 Å². The normalized spacial score (nSPS) is 15.1. The smallest absolute Gasteiger partial charge is 0.422 e. The van der Waals surface area contributed by atoms with E-state index in [1.54, 1.807) is 12.3 Å². The fourth-order valence-corrected chi connectivity index (χ4v) is 3.71. The predicted octanol–water partition coefficient (Wildman–Crippen LogP) is 3.75. The highest BCUT2D eigenvalue weighted by Gasteiger charge is 2.30. The lowest BCUT2D eigenvalue weighted by atomic mass is 9.97. The van der Waals surface area contributed by atoms with Crippen LogP contribution < -0.4 is 15.0 Å². The molecule has 0 amide bonds. The van der Waals surface area contributed by atoms with Crippen LogP contribution in [0.2, 0.25) is 0 Å². The minimum atomic E-state index is -4.49. The molecule has 1 N–H and O–H groups in total. The molecule has 3 aromatic rings. The summed E-state index contributed by atoms with van der Waals surface area (Å²) in [4.78, 5) is 18.7. The third-order valence-electron chi connectivity index (χ3n) is 5.46. The summed E-state index contributed by atoms with van der Waals surface area (Å²) in [5.74, 6) is 3.27. The molecule has 0 bridgehead atoms. The Kier molecular flexibility index (Phi) is 6.70. The second kappa shape index (κ2) is 9.67. The lowest BCUT2D eigenvalue weighted by molar-refractivity contribution is -0.154. The van der Waals surface area contributed by atoms with Crippen LogP contribution in [0, 0.1) is 19.8 Å². The van der Waals surface area contributed by atoms with Gasteiger partial charge in [-0.2, -0.15) is 28.1 Å². The van der Waals surface area contributed by atoms with Crippen LogP contribution in [0.15, 0.2) is 28.9 Å². The Hall–Kier alpha value is -3.31. The average molecular weight is 465 g/mol. The molecule has 178 valence electrons. The van der Waals surface area contributed by atoms with E-state index in [0.717, 1.165) is 31.0 Å². The van der Waals surface area contributed by atoms with Gasteiger partial charge in [-0.1, -0.05) is 0 Å². The number of ether oxygens (including phenoxy) is 1. The maximum atomic E-state index is 12.7. The second-order valence-electron chi connectivity index (χ2n) is 8.07. The van der Waals surface area contributed by atoms with Crippen LogP contribution >= 0.6 is 0 Å². The Morgan fingerprint density at radius 1 is 1.15 bits per heavy atom. The standard InChI is InChI=1S/C21H26F3N7O2/c1-14-3-4-17(33-14)11-26-18-27-19(29-20(28-18)32-13-21(22,23)24)30-8-5-16(6-9-30)12-31-10-7-25-15(31)2/h3-4,7,10,16H,5-6,8-9,11-13H2,1-2H3,(H,26,27,28,29). The third-order valence-corrected chi connectivity index (χ3v) is 5.46. The molecule has 9 nitrogen and oxygen atoms in total. The van der Waals surface area contributed by atoms with Gasteiger partial charge in [-0.05, 0) is 44.7 Å². The van der Waals surface area contributed by atoms with Gasteiger partial charge in [-0.25, -0.2) is 4.98 Å². The molecule has 1 aliphatic heterocycles. The summed E-state index contributed by atoms with van der Waals surface area (Å²) in [5.41, 5.74) is 0. The monoisotopic (exact) mass is 465 g/mol. The first kappa shape index (κ1) is 22.9. The summed E-state index contributed by atoms with van der Waals surface area (Å²) >= 11 is 0. The van der Waals surface area contributed by atoms with Crippen LogP contribution in [0.5, 0.6) is 6.01 Å². The molecule has 0 radical (unpaired) electrons. The Morgan fingerprint density at radius 2 is 1.94 bits per heavy atom. The molecule has 3 aromatic heterocycles. The number of aromatic nitrogens is 5. The molecule has 1 saturated heterocycles. The molecule has 4 heterocycles.